The number of carboxylic acids is 1. The molecule has 1 aromatic rings. The van der Waals surface area contributed by atoms with Gasteiger partial charge in [-0.1, -0.05) is 0 Å². The molecule has 0 aliphatic carbocycles. The van der Waals surface area contributed by atoms with E-state index in [0.717, 1.165) is 0 Å². The number of furan rings is 1. The van der Waals surface area contributed by atoms with Crippen LogP contribution in [0, 0.1) is 0 Å². The smallest absolute Gasteiger partial charge is 0.371 e. The topological polar surface area (TPSA) is 88.8 Å². The molecule has 0 radical (unpaired) electrons. The van der Waals surface area contributed by atoms with Crippen molar-refractivity contribution in [1.82, 2.24) is 5.32 Å². The Hall–Kier alpha value is -1.82. The van der Waals surface area contributed by atoms with Crippen LogP contribution in [-0.2, 0) is 9.53 Å². The van der Waals surface area contributed by atoms with Gasteiger partial charge in [0.15, 0.2) is 0 Å². The van der Waals surface area contributed by atoms with Crippen LogP contribution in [0.1, 0.15) is 49.0 Å². The van der Waals surface area contributed by atoms with Gasteiger partial charge in [-0.05, 0) is 38.9 Å². The number of carbonyl (C=O) groups is 2. The monoisotopic (exact) mass is 269 g/mol. The van der Waals surface area contributed by atoms with E-state index in [0.29, 0.717) is 31.8 Å². The van der Waals surface area contributed by atoms with Crippen molar-refractivity contribution in [1.29, 1.82) is 0 Å². The second-order valence-corrected chi connectivity index (χ2v) is 4.09. The fraction of sp³-hybridized carbons (Fsp3) is 0.538. The minimum absolute atomic E-state index is 0.0739. The number of nitrogens with one attached hydrogen (secondary N) is 1. The molecule has 0 amide bonds. The molecular weight excluding hydrogens is 250 g/mol. The van der Waals surface area contributed by atoms with E-state index in [2.05, 4.69) is 5.32 Å². The average Bonchev–Trinajstić information content (AvgIpc) is 2.84. The highest BCUT2D eigenvalue weighted by molar-refractivity contribution is 5.84. The Bertz CT molecular complexity index is 426. The fourth-order valence-corrected chi connectivity index (χ4v) is 1.59. The Morgan fingerprint density at radius 3 is 2.79 bits per heavy atom. The first-order valence-corrected chi connectivity index (χ1v) is 6.26. The van der Waals surface area contributed by atoms with Crippen LogP contribution in [-0.4, -0.2) is 30.2 Å². The van der Waals surface area contributed by atoms with Gasteiger partial charge in [-0.2, -0.15) is 0 Å². The standard InChI is InChI=1S/C13H19NO5/c1-3-18-12(15)5-4-8-14-9(2)10-6-7-11(19-10)13(16)17/h6-7,9,14H,3-5,8H2,1-2H3,(H,16,17). The Kier molecular flexibility index (Phi) is 6.08. The van der Waals surface area contributed by atoms with Crippen LogP contribution in [0.5, 0.6) is 0 Å². The molecule has 1 atom stereocenters. The van der Waals surface area contributed by atoms with Gasteiger partial charge in [0.05, 0.1) is 12.6 Å². The molecule has 0 aliphatic rings. The molecule has 2 N–H and O–H groups in total. The first kappa shape index (κ1) is 15.2. The predicted molar refractivity (Wildman–Crippen MR) is 68.0 cm³/mol. The summed E-state index contributed by atoms with van der Waals surface area (Å²) in [5, 5.41) is 11.9. The van der Waals surface area contributed by atoms with Crippen LogP contribution >= 0.6 is 0 Å². The molecule has 106 valence electrons. The van der Waals surface area contributed by atoms with Crippen molar-refractivity contribution < 1.29 is 23.8 Å². The summed E-state index contributed by atoms with van der Waals surface area (Å²) in [6.45, 7) is 4.67. The van der Waals surface area contributed by atoms with Gasteiger partial charge in [0.1, 0.15) is 5.76 Å². The average molecular weight is 269 g/mol. The van der Waals surface area contributed by atoms with Crippen LogP contribution in [0.25, 0.3) is 0 Å². The maximum absolute atomic E-state index is 11.1. The molecule has 0 fully saturated rings. The second-order valence-electron chi connectivity index (χ2n) is 4.09. The van der Waals surface area contributed by atoms with E-state index in [4.69, 9.17) is 14.3 Å². The zero-order valence-corrected chi connectivity index (χ0v) is 11.1. The highest BCUT2D eigenvalue weighted by Crippen LogP contribution is 2.16. The van der Waals surface area contributed by atoms with Crippen LogP contribution < -0.4 is 5.32 Å². The fourth-order valence-electron chi connectivity index (χ4n) is 1.59. The van der Waals surface area contributed by atoms with Crippen LogP contribution in [0.4, 0.5) is 0 Å². The third-order valence-electron chi connectivity index (χ3n) is 2.58. The van der Waals surface area contributed by atoms with Gasteiger partial charge < -0.3 is 19.6 Å². The van der Waals surface area contributed by atoms with Gasteiger partial charge in [-0.15, -0.1) is 0 Å². The largest absolute Gasteiger partial charge is 0.475 e. The lowest BCUT2D eigenvalue weighted by Crippen LogP contribution is -2.20. The van der Waals surface area contributed by atoms with E-state index in [1.807, 2.05) is 6.92 Å². The lowest BCUT2D eigenvalue weighted by atomic mass is 10.2. The number of aromatic carboxylic acids is 1. The van der Waals surface area contributed by atoms with Crippen molar-refractivity contribution in [2.45, 2.75) is 32.7 Å². The molecule has 1 rings (SSSR count). The molecule has 0 spiro atoms. The minimum atomic E-state index is -1.08. The second kappa shape index (κ2) is 7.58. The van der Waals surface area contributed by atoms with E-state index in [-0.39, 0.29) is 17.8 Å². The van der Waals surface area contributed by atoms with Crippen molar-refractivity contribution in [3.05, 3.63) is 23.7 Å². The number of hydrogen-bond acceptors (Lipinski definition) is 5. The van der Waals surface area contributed by atoms with Crippen molar-refractivity contribution in [2.24, 2.45) is 0 Å². The van der Waals surface area contributed by atoms with Crippen LogP contribution in [0.2, 0.25) is 0 Å². The van der Waals surface area contributed by atoms with E-state index in [1.165, 1.54) is 6.07 Å². The highest BCUT2D eigenvalue weighted by atomic mass is 16.5. The summed E-state index contributed by atoms with van der Waals surface area (Å²) >= 11 is 0. The quantitative estimate of drug-likeness (QED) is 0.554. The lowest BCUT2D eigenvalue weighted by Gasteiger charge is -2.10. The van der Waals surface area contributed by atoms with E-state index < -0.39 is 5.97 Å². The van der Waals surface area contributed by atoms with Crippen LogP contribution in [0.3, 0.4) is 0 Å². The Morgan fingerprint density at radius 1 is 1.47 bits per heavy atom. The van der Waals surface area contributed by atoms with E-state index in [1.54, 1.807) is 13.0 Å². The summed E-state index contributed by atoms with van der Waals surface area (Å²) < 4.78 is 9.98. The maximum Gasteiger partial charge on any atom is 0.371 e. The van der Waals surface area contributed by atoms with Gasteiger partial charge >= 0.3 is 11.9 Å². The lowest BCUT2D eigenvalue weighted by molar-refractivity contribution is -0.143. The third kappa shape index (κ3) is 5.13. The van der Waals surface area contributed by atoms with Gasteiger partial charge in [-0.25, -0.2) is 4.79 Å². The Morgan fingerprint density at radius 2 is 2.21 bits per heavy atom. The molecule has 0 bridgehead atoms. The molecule has 0 saturated heterocycles. The molecule has 0 aromatic carbocycles. The zero-order valence-electron chi connectivity index (χ0n) is 11.1. The summed E-state index contributed by atoms with van der Waals surface area (Å²) in [4.78, 5) is 21.8. The number of hydrogen-bond donors (Lipinski definition) is 2. The normalized spacial score (nSPS) is 12.1. The summed E-state index contributed by atoms with van der Waals surface area (Å²) in [6.07, 6.45) is 1.03. The van der Waals surface area contributed by atoms with Gasteiger partial charge in [0, 0.05) is 6.42 Å². The van der Waals surface area contributed by atoms with E-state index >= 15 is 0 Å². The number of carboxylic acid groups (broad SMARTS) is 1. The molecule has 19 heavy (non-hydrogen) atoms. The minimum Gasteiger partial charge on any atom is -0.475 e. The maximum atomic E-state index is 11.1. The van der Waals surface area contributed by atoms with Gasteiger partial charge in [0.25, 0.3) is 0 Å². The Labute approximate surface area is 111 Å². The first-order valence-electron chi connectivity index (χ1n) is 6.26. The molecular formula is C13H19NO5. The first-order chi connectivity index (χ1) is 9.04. The van der Waals surface area contributed by atoms with Crippen molar-refractivity contribution in [3.63, 3.8) is 0 Å². The molecule has 0 aliphatic heterocycles. The summed E-state index contributed by atoms with van der Waals surface area (Å²) in [5.74, 6) is -0.799. The molecule has 0 saturated carbocycles. The van der Waals surface area contributed by atoms with Crippen molar-refractivity contribution in [2.75, 3.05) is 13.2 Å². The molecule has 1 heterocycles. The predicted octanol–water partition coefficient (Wildman–Crippen LogP) is 1.97. The molecule has 6 nitrogen and oxygen atoms in total. The summed E-state index contributed by atoms with van der Waals surface area (Å²) in [7, 11) is 0. The number of ether oxygens (including phenoxy) is 1. The van der Waals surface area contributed by atoms with Gasteiger partial charge in [0.2, 0.25) is 5.76 Å². The highest BCUT2D eigenvalue weighted by Gasteiger charge is 2.13. The third-order valence-corrected chi connectivity index (χ3v) is 2.58. The number of esters is 1. The molecule has 1 aromatic heterocycles. The van der Waals surface area contributed by atoms with E-state index in [9.17, 15) is 9.59 Å². The molecule has 6 heteroatoms. The van der Waals surface area contributed by atoms with Crippen molar-refractivity contribution in [3.8, 4) is 0 Å². The Balaban J connectivity index is 2.28. The van der Waals surface area contributed by atoms with Crippen molar-refractivity contribution >= 4 is 11.9 Å². The SMILES string of the molecule is CCOC(=O)CCCNC(C)c1ccc(C(=O)O)o1. The number of carbonyl (C=O) groups excluding carboxylic acids is 1. The summed E-state index contributed by atoms with van der Waals surface area (Å²) in [6, 6.07) is 2.95. The van der Waals surface area contributed by atoms with Crippen LogP contribution in [0.15, 0.2) is 16.5 Å². The van der Waals surface area contributed by atoms with Gasteiger partial charge in [-0.3, -0.25) is 4.79 Å². The number of rotatable bonds is 8. The summed E-state index contributed by atoms with van der Waals surface area (Å²) in [5.41, 5.74) is 0. The molecule has 1 unspecified atom stereocenters. The zero-order chi connectivity index (χ0) is 14.3.